The van der Waals surface area contributed by atoms with Gasteiger partial charge >= 0.3 is 6.36 Å². The highest BCUT2D eigenvalue weighted by Gasteiger charge is 2.31. The molecule has 1 aliphatic rings. The van der Waals surface area contributed by atoms with E-state index in [9.17, 15) is 13.2 Å². The quantitative estimate of drug-likeness (QED) is 0.329. The first kappa shape index (κ1) is 24.1. The molecule has 1 aromatic heterocycles. The number of hydrogen-bond acceptors (Lipinski definition) is 6. The van der Waals surface area contributed by atoms with Crippen LogP contribution in [0.15, 0.2) is 72.8 Å². The molecule has 186 valence electrons. The highest BCUT2D eigenvalue weighted by atomic mass is 35.5. The zero-order chi connectivity index (χ0) is 25.1. The molecule has 0 atom stereocenters. The Kier molecular flexibility index (Phi) is 6.84. The van der Waals surface area contributed by atoms with Crippen molar-refractivity contribution in [3.63, 3.8) is 0 Å². The van der Waals surface area contributed by atoms with Gasteiger partial charge in [0.25, 0.3) is 0 Å². The third kappa shape index (κ3) is 5.98. The molecule has 0 spiro atoms. The molecule has 0 amide bonds. The third-order valence-corrected chi connectivity index (χ3v) is 6.10. The van der Waals surface area contributed by atoms with Crippen molar-refractivity contribution in [3.05, 3.63) is 83.4 Å². The first-order valence-corrected chi connectivity index (χ1v) is 11.8. The standard InChI is InChI=1S/C26H23ClF3N5O/c27-19-5-3-4-18(16-19)17-34-12-14-35(15-13-34)25-24(32-22-6-1-2-7-23(22)33-25)31-20-8-10-21(11-9-20)36-26(28,29)30/h1-11,16H,12-15,17H2,(H,31,32). The lowest BCUT2D eigenvalue weighted by atomic mass is 10.2. The zero-order valence-electron chi connectivity index (χ0n) is 19.2. The summed E-state index contributed by atoms with van der Waals surface area (Å²) in [6, 6.07) is 21.0. The minimum atomic E-state index is -4.74. The summed E-state index contributed by atoms with van der Waals surface area (Å²) in [4.78, 5) is 14.2. The van der Waals surface area contributed by atoms with Crippen LogP contribution in [0, 0.1) is 0 Å². The number of alkyl halides is 3. The number of rotatable bonds is 6. The number of piperazine rings is 1. The zero-order valence-corrected chi connectivity index (χ0v) is 19.9. The minimum Gasteiger partial charge on any atom is -0.406 e. The van der Waals surface area contributed by atoms with Crippen molar-refractivity contribution in [2.24, 2.45) is 0 Å². The molecule has 0 unspecified atom stereocenters. The van der Waals surface area contributed by atoms with Crippen molar-refractivity contribution < 1.29 is 17.9 Å². The lowest BCUT2D eigenvalue weighted by molar-refractivity contribution is -0.274. The molecule has 1 fully saturated rings. The van der Waals surface area contributed by atoms with Crippen molar-refractivity contribution in [2.45, 2.75) is 12.9 Å². The Morgan fingerprint density at radius 3 is 2.22 bits per heavy atom. The van der Waals surface area contributed by atoms with Crippen LogP contribution in [0.2, 0.25) is 5.02 Å². The van der Waals surface area contributed by atoms with Crippen LogP contribution >= 0.6 is 11.6 Å². The molecule has 10 heteroatoms. The van der Waals surface area contributed by atoms with Gasteiger partial charge in [0.15, 0.2) is 11.6 Å². The minimum absolute atomic E-state index is 0.284. The largest absolute Gasteiger partial charge is 0.573 e. The van der Waals surface area contributed by atoms with Crippen LogP contribution in [0.5, 0.6) is 5.75 Å². The second kappa shape index (κ2) is 10.2. The third-order valence-electron chi connectivity index (χ3n) is 5.87. The fourth-order valence-corrected chi connectivity index (χ4v) is 4.40. The Morgan fingerprint density at radius 1 is 0.861 bits per heavy atom. The average Bonchev–Trinajstić information content (AvgIpc) is 2.85. The molecule has 2 heterocycles. The lowest BCUT2D eigenvalue weighted by Gasteiger charge is -2.36. The van der Waals surface area contributed by atoms with Gasteiger partial charge in [0.2, 0.25) is 0 Å². The first-order valence-electron chi connectivity index (χ1n) is 11.4. The van der Waals surface area contributed by atoms with Crippen molar-refractivity contribution >= 4 is 40.0 Å². The number of hydrogen-bond donors (Lipinski definition) is 1. The van der Waals surface area contributed by atoms with Gasteiger partial charge in [-0.25, -0.2) is 9.97 Å². The maximum absolute atomic E-state index is 12.5. The number of halogens is 4. The van der Waals surface area contributed by atoms with Crippen LogP contribution in [0.3, 0.4) is 0 Å². The molecule has 36 heavy (non-hydrogen) atoms. The molecule has 3 aromatic carbocycles. The summed E-state index contributed by atoms with van der Waals surface area (Å²) in [5, 5.41) is 3.96. The molecule has 1 N–H and O–H groups in total. The summed E-state index contributed by atoms with van der Waals surface area (Å²) in [6.45, 7) is 3.99. The fourth-order valence-electron chi connectivity index (χ4n) is 4.18. The van der Waals surface area contributed by atoms with E-state index in [1.807, 2.05) is 42.5 Å². The molecule has 0 radical (unpaired) electrons. The Morgan fingerprint density at radius 2 is 1.56 bits per heavy atom. The van der Waals surface area contributed by atoms with E-state index >= 15 is 0 Å². The maximum atomic E-state index is 12.5. The van der Waals surface area contributed by atoms with Gasteiger partial charge < -0.3 is 15.0 Å². The Labute approximate surface area is 211 Å². The topological polar surface area (TPSA) is 53.5 Å². The highest BCUT2D eigenvalue weighted by molar-refractivity contribution is 6.30. The molecule has 5 rings (SSSR count). The molecule has 6 nitrogen and oxygen atoms in total. The number of anilines is 3. The van der Waals surface area contributed by atoms with Gasteiger partial charge in [-0.3, -0.25) is 4.90 Å². The van der Waals surface area contributed by atoms with E-state index in [2.05, 4.69) is 25.9 Å². The van der Waals surface area contributed by atoms with Crippen molar-refractivity contribution in [3.8, 4) is 5.75 Å². The lowest BCUT2D eigenvalue weighted by Crippen LogP contribution is -2.46. The first-order chi connectivity index (χ1) is 17.3. The van der Waals surface area contributed by atoms with Crippen molar-refractivity contribution in [1.82, 2.24) is 14.9 Å². The van der Waals surface area contributed by atoms with Gasteiger partial charge in [0.05, 0.1) is 11.0 Å². The Hall–Kier alpha value is -3.56. The van der Waals surface area contributed by atoms with Crippen LogP contribution in [0.25, 0.3) is 11.0 Å². The Bertz CT molecular complexity index is 1340. The number of para-hydroxylation sites is 2. The number of nitrogens with one attached hydrogen (secondary N) is 1. The summed E-state index contributed by atoms with van der Waals surface area (Å²) in [7, 11) is 0. The summed E-state index contributed by atoms with van der Waals surface area (Å²) in [5.41, 5.74) is 3.24. The number of benzene rings is 3. The average molecular weight is 514 g/mol. The van der Waals surface area contributed by atoms with Gasteiger partial charge in [-0.15, -0.1) is 13.2 Å². The van der Waals surface area contributed by atoms with Crippen LogP contribution in [-0.4, -0.2) is 47.4 Å². The SMILES string of the molecule is FC(F)(F)Oc1ccc(Nc2nc3ccccc3nc2N2CCN(Cc3cccc(Cl)c3)CC2)cc1. The summed E-state index contributed by atoms with van der Waals surface area (Å²) < 4.78 is 41.4. The van der Waals surface area contributed by atoms with E-state index in [4.69, 9.17) is 21.6 Å². The summed E-state index contributed by atoms with van der Waals surface area (Å²) in [6.07, 6.45) is -4.74. The molecular weight excluding hydrogens is 491 g/mol. The molecule has 0 saturated carbocycles. The van der Waals surface area contributed by atoms with Crippen LogP contribution < -0.4 is 15.0 Å². The second-order valence-corrected chi connectivity index (χ2v) is 8.91. The van der Waals surface area contributed by atoms with E-state index in [0.717, 1.165) is 48.8 Å². The predicted octanol–water partition coefficient (Wildman–Crippen LogP) is 6.25. The van der Waals surface area contributed by atoms with E-state index in [1.54, 1.807) is 0 Å². The van der Waals surface area contributed by atoms with E-state index in [0.29, 0.717) is 17.3 Å². The molecule has 4 aromatic rings. The molecular formula is C26H23ClF3N5O. The van der Waals surface area contributed by atoms with Gasteiger partial charge in [-0.1, -0.05) is 35.9 Å². The monoisotopic (exact) mass is 513 g/mol. The normalized spacial score (nSPS) is 14.7. The molecule has 1 aliphatic heterocycles. The number of nitrogens with zero attached hydrogens (tertiary/aromatic N) is 4. The number of ether oxygens (including phenoxy) is 1. The summed E-state index contributed by atoms with van der Waals surface area (Å²) in [5.74, 6) is 0.960. The van der Waals surface area contributed by atoms with Gasteiger partial charge in [0.1, 0.15) is 5.75 Å². The Balaban J connectivity index is 1.34. The second-order valence-electron chi connectivity index (χ2n) is 8.47. The van der Waals surface area contributed by atoms with Crippen LogP contribution in [0.1, 0.15) is 5.56 Å². The fraction of sp³-hybridized carbons (Fsp3) is 0.231. The van der Waals surface area contributed by atoms with E-state index < -0.39 is 6.36 Å². The molecule has 0 bridgehead atoms. The van der Waals surface area contributed by atoms with Crippen LogP contribution in [0.4, 0.5) is 30.5 Å². The van der Waals surface area contributed by atoms with Gasteiger partial charge in [-0.2, -0.15) is 0 Å². The number of aromatic nitrogens is 2. The molecule has 0 aliphatic carbocycles. The summed E-state index contributed by atoms with van der Waals surface area (Å²) >= 11 is 6.13. The maximum Gasteiger partial charge on any atom is 0.573 e. The van der Waals surface area contributed by atoms with Gasteiger partial charge in [0, 0.05) is 43.4 Å². The predicted molar refractivity (Wildman–Crippen MR) is 135 cm³/mol. The van der Waals surface area contributed by atoms with Gasteiger partial charge in [-0.05, 0) is 54.1 Å². The van der Waals surface area contributed by atoms with E-state index in [-0.39, 0.29) is 5.75 Å². The molecule has 1 saturated heterocycles. The van der Waals surface area contributed by atoms with Crippen LogP contribution in [-0.2, 0) is 6.54 Å². The van der Waals surface area contributed by atoms with Crippen molar-refractivity contribution in [1.29, 1.82) is 0 Å². The van der Waals surface area contributed by atoms with Crippen molar-refractivity contribution in [2.75, 3.05) is 36.4 Å². The van der Waals surface area contributed by atoms with E-state index in [1.165, 1.54) is 29.8 Å². The number of fused-ring (bicyclic) bond motifs is 1. The smallest absolute Gasteiger partial charge is 0.406 e. The highest BCUT2D eigenvalue weighted by Crippen LogP contribution is 2.30.